The average Bonchev–Trinajstić information content (AvgIpc) is 2.57. The number of hydrogen-bond acceptors (Lipinski definition) is 3. The van der Waals surface area contributed by atoms with Crippen molar-refractivity contribution in [3.63, 3.8) is 0 Å². The van der Waals surface area contributed by atoms with Crippen LogP contribution in [0.3, 0.4) is 0 Å². The van der Waals surface area contributed by atoms with Crippen LogP contribution in [0.25, 0.3) is 0 Å². The number of halogens is 1. The van der Waals surface area contributed by atoms with E-state index in [2.05, 4.69) is 28.1 Å². The first-order valence-corrected chi connectivity index (χ1v) is 6.21. The van der Waals surface area contributed by atoms with Crippen LogP contribution in [0, 0.1) is 6.92 Å². The molecule has 0 aliphatic carbocycles. The van der Waals surface area contributed by atoms with E-state index in [1.165, 1.54) is 5.56 Å². The van der Waals surface area contributed by atoms with E-state index in [1.807, 2.05) is 26.2 Å². The molecule has 2 rings (SSSR count). The molecule has 0 N–H and O–H groups in total. The van der Waals surface area contributed by atoms with Crippen molar-refractivity contribution < 1.29 is 0 Å². The van der Waals surface area contributed by atoms with Gasteiger partial charge < -0.3 is 0 Å². The fourth-order valence-electron chi connectivity index (χ4n) is 1.98. The monoisotopic (exact) mass is 264 g/mol. The summed E-state index contributed by atoms with van der Waals surface area (Å²) in [4.78, 5) is 6.32. The second-order valence-electron chi connectivity index (χ2n) is 4.51. The summed E-state index contributed by atoms with van der Waals surface area (Å²) in [7, 11) is 3.93. The molecule has 5 heteroatoms. The Morgan fingerprint density at radius 2 is 2.17 bits per heavy atom. The van der Waals surface area contributed by atoms with Crippen molar-refractivity contribution in [3.05, 3.63) is 46.5 Å². The summed E-state index contributed by atoms with van der Waals surface area (Å²) in [6, 6.07) is 4.02. The van der Waals surface area contributed by atoms with Gasteiger partial charge in [0.1, 0.15) is 5.15 Å². The lowest BCUT2D eigenvalue weighted by atomic mass is 10.2. The molecule has 0 aliphatic rings. The van der Waals surface area contributed by atoms with Gasteiger partial charge in [0.2, 0.25) is 0 Å². The van der Waals surface area contributed by atoms with Crippen molar-refractivity contribution in [3.8, 4) is 0 Å². The predicted molar refractivity (Wildman–Crippen MR) is 72.4 cm³/mol. The van der Waals surface area contributed by atoms with Gasteiger partial charge >= 0.3 is 0 Å². The Kier molecular flexibility index (Phi) is 3.99. The minimum atomic E-state index is 0.713. The molecule has 0 aliphatic heterocycles. The van der Waals surface area contributed by atoms with E-state index >= 15 is 0 Å². The van der Waals surface area contributed by atoms with Crippen LogP contribution in [0.15, 0.2) is 24.5 Å². The highest BCUT2D eigenvalue weighted by Gasteiger charge is 2.13. The first kappa shape index (κ1) is 13.1. The SMILES string of the molecule is Cc1nn(C)c(Cl)c1CN(C)Cc1cccnc1. The predicted octanol–water partition coefficient (Wildman–Crippen LogP) is 2.41. The van der Waals surface area contributed by atoms with Crippen LogP contribution in [0.2, 0.25) is 5.15 Å². The van der Waals surface area contributed by atoms with Gasteiger partial charge in [0.25, 0.3) is 0 Å². The second-order valence-corrected chi connectivity index (χ2v) is 4.87. The Hall–Kier alpha value is -1.39. The number of aromatic nitrogens is 3. The number of pyridine rings is 1. The third-order valence-corrected chi connectivity index (χ3v) is 3.35. The Bertz CT molecular complexity index is 521. The molecule has 0 saturated carbocycles. The minimum Gasteiger partial charge on any atom is -0.298 e. The van der Waals surface area contributed by atoms with E-state index < -0.39 is 0 Å². The summed E-state index contributed by atoms with van der Waals surface area (Å²) >= 11 is 6.22. The summed E-state index contributed by atoms with van der Waals surface area (Å²) in [5.74, 6) is 0. The van der Waals surface area contributed by atoms with Crippen molar-refractivity contribution in [2.24, 2.45) is 7.05 Å². The summed E-state index contributed by atoms with van der Waals surface area (Å²) < 4.78 is 1.71. The van der Waals surface area contributed by atoms with Crippen molar-refractivity contribution in [2.45, 2.75) is 20.0 Å². The number of nitrogens with zero attached hydrogens (tertiary/aromatic N) is 4. The summed E-state index contributed by atoms with van der Waals surface area (Å²) in [6.07, 6.45) is 3.67. The van der Waals surface area contributed by atoms with Crippen LogP contribution in [0.4, 0.5) is 0 Å². The maximum absolute atomic E-state index is 6.22. The standard InChI is InChI=1S/C13H17ClN4/c1-10-12(13(14)18(3)16-10)9-17(2)8-11-5-4-6-15-7-11/h4-7H,8-9H2,1-3H3. The molecule has 0 radical (unpaired) electrons. The molecular weight excluding hydrogens is 248 g/mol. The van der Waals surface area contributed by atoms with Gasteiger partial charge in [-0.15, -0.1) is 0 Å². The largest absolute Gasteiger partial charge is 0.298 e. The maximum Gasteiger partial charge on any atom is 0.131 e. The lowest BCUT2D eigenvalue weighted by Gasteiger charge is -2.16. The maximum atomic E-state index is 6.22. The Balaban J connectivity index is 2.05. The lowest BCUT2D eigenvalue weighted by Crippen LogP contribution is -2.17. The van der Waals surface area contributed by atoms with E-state index in [0.717, 1.165) is 24.3 Å². The number of rotatable bonds is 4. The highest BCUT2D eigenvalue weighted by Crippen LogP contribution is 2.20. The van der Waals surface area contributed by atoms with E-state index in [1.54, 1.807) is 10.9 Å². The van der Waals surface area contributed by atoms with E-state index in [-0.39, 0.29) is 0 Å². The Morgan fingerprint density at radius 3 is 2.72 bits per heavy atom. The number of aryl methyl sites for hydroxylation is 2. The molecule has 0 saturated heterocycles. The van der Waals surface area contributed by atoms with Crippen molar-refractivity contribution >= 4 is 11.6 Å². The second kappa shape index (κ2) is 5.50. The third-order valence-electron chi connectivity index (χ3n) is 2.87. The topological polar surface area (TPSA) is 34.0 Å². The first-order chi connectivity index (χ1) is 8.58. The molecule has 0 fully saturated rings. The van der Waals surface area contributed by atoms with Gasteiger partial charge in [-0.2, -0.15) is 5.10 Å². The van der Waals surface area contributed by atoms with Gasteiger partial charge in [0, 0.05) is 38.1 Å². The molecule has 0 amide bonds. The quantitative estimate of drug-likeness (QED) is 0.850. The van der Waals surface area contributed by atoms with Gasteiger partial charge in [-0.3, -0.25) is 14.6 Å². The van der Waals surface area contributed by atoms with Crippen molar-refractivity contribution in [2.75, 3.05) is 7.05 Å². The van der Waals surface area contributed by atoms with Gasteiger partial charge in [0.15, 0.2) is 0 Å². The lowest BCUT2D eigenvalue weighted by molar-refractivity contribution is 0.318. The Morgan fingerprint density at radius 1 is 1.39 bits per heavy atom. The molecule has 2 aromatic rings. The van der Waals surface area contributed by atoms with E-state index in [9.17, 15) is 0 Å². The molecule has 2 heterocycles. The van der Waals surface area contributed by atoms with Gasteiger partial charge in [0.05, 0.1) is 5.69 Å². The molecule has 2 aromatic heterocycles. The minimum absolute atomic E-state index is 0.713. The zero-order chi connectivity index (χ0) is 13.1. The average molecular weight is 265 g/mol. The molecular formula is C13H17ClN4. The van der Waals surface area contributed by atoms with Gasteiger partial charge in [-0.1, -0.05) is 17.7 Å². The van der Waals surface area contributed by atoms with Crippen LogP contribution < -0.4 is 0 Å². The normalized spacial score (nSPS) is 11.2. The van der Waals surface area contributed by atoms with Crippen LogP contribution in [0.5, 0.6) is 0 Å². The van der Waals surface area contributed by atoms with Gasteiger partial charge in [-0.05, 0) is 25.6 Å². The van der Waals surface area contributed by atoms with Crippen LogP contribution in [0.1, 0.15) is 16.8 Å². The third kappa shape index (κ3) is 2.89. The first-order valence-electron chi connectivity index (χ1n) is 5.83. The molecule has 4 nitrogen and oxygen atoms in total. The molecule has 0 atom stereocenters. The van der Waals surface area contributed by atoms with Crippen LogP contribution in [-0.2, 0) is 20.1 Å². The summed E-state index contributed by atoms with van der Waals surface area (Å²) in [6.45, 7) is 3.62. The molecule has 0 spiro atoms. The molecule has 0 aromatic carbocycles. The van der Waals surface area contributed by atoms with E-state index in [0.29, 0.717) is 5.15 Å². The fourth-order valence-corrected chi connectivity index (χ4v) is 2.22. The summed E-state index contributed by atoms with van der Waals surface area (Å²) in [5, 5.41) is 5.03. The molecule has 96 valence electrons. The van der Waals surface area contributed by atoms with Crippen molar-refractivity contribution in [1.82, 2.24) is 19.7 Å². The zero-order valence-electron chi connectivity index (χ0n) is 10.9. The summed E-state index contributed by atoms with van der Waals surface area (Å²) in [5.41, 5.74) is 3.27. The smallest absolute Gasteiger partial charge is 0.131 e. The molecule has 18 heavy (non-hydrogen) atoms. The van der Waals surface area contributed by atoms with Gasteiger partial charge in [-0.25, -0.2) is 0 Å². The van der Waals surface area contributed by atoms with E-state index in [4.69, 9.17) is 11.6 Å². The van der Waals surface area contributed by atoms with Crippen molar-refractivity contribution in [1.29, 1.82) is 0 Å². The van der Waals surface area contributed by atoms with Crippen LogP contribution >= 0.6 is 11.6 Å². The molecule has 0 bridgehead atoms. The fraction of sp³-hybridized carbons (Fsp3) is 0.385. The number of hydrogen-bond donors (Lipinski definition) is 0. The zero-order valence-corrected chi connectivity index (χ0v) is 11.6. The van der Waals surface area contributed by atoms with Crippen LogP contribution in [-0.4, -0.2) is 26.7 Å². The highest BCUT2D eigenvalue weighted by molar-refractivity contribution is 6.30. The molecule has 0 unspecified atom stereocenters. The highest BCUT2D eigenvalue weighted by atomic mass is 35.5. The Labute approximate surface area is 112 Å².